The Hall–Kier alpha value is -1.47. The van der Waals surface area contributed by atoms with Crippen LogP contribution < -0.4 is 0 Å². The molecule has 1 unspecified atom stereocenters. The van der Waals surface area contributed by atoms with Gasteiger partial charge >= 0.3 is 5.97 Å². The zero-order chi connectivity index (χ0) is 16.2. The Morgan fingerprint density at radius 1 is 1.48 bits per heavy atom. The molecule has 3 rings (SSSR count). The first kappa shape index (κ1) is 16.4. The van der Waals surface area contributed by atoms with Crippen molar-refractivity contribution in [2.45, 2.75) is 12.6 Å². The quantitative estimate of drug-likeness (QED) is 0.877. The van der Waals surface area contributed by atoms with Crippen LogP contribution in [0.4, 0.5) is 0 Å². The molecule has 1 atom stereocenters. The number of morpholine rings is 1. The van der Waals surface area contributed by atoms with E-state index in [1.54, 1.807) is 4.90 Å². The topological polar surface area (TPSA) is 53.0 Å². The van der Waals surface area contributed by atoms with E-state index in [-0.39, 0.29) is 12.6 Å². The number of ether oxygens (including phenoxy) is 1. The highest BCUT2D eigenvalue weighted by molar-refractivity contribution is 7.19. The van der Waals surface area contributed by atoms with E-state index in [0.717, 1.165) is 19.6 Å². The van der Waals surface area contributed by atoms with Gasteiger partial charge in [-0.15, -0.1) is 11.3 Å². The maximum absolute atomic E-state index is 10.8. The van der Waals surface area contributed by atoms with Crippen molar-refractivity contribution in [2.75, 3.05) is 39.8 Å². The predicted octanol–water partition coefficient (Wildman–Crippen LogP) is 2.12. The number of hydrogen-bond acceptors (Lipinski definition) is 5. The van der Waals surface area contributed by atoms with Crippen LogP contribution in [0, 0.1) is 0 Å². The second-order valence-electron chi connectivity index (χ2n) is 6.07. The number of carbonyl (C=O) groups is 1. The van der Waals surface area contributed by atoms with Crippen molar-refractivity contribution in [2.24, 2.45) is 0 Å². The largest absolute Gasteiger partial charge is 0.480 e. The molecule has 124 valence electrons. The van der Waals surface area contributed by atoms with Crippen LogP contribution in [0.25, 0.3) is 10.1 Å². The number of likely N-dealkylation sites (N-methyl/N-ethyl adjacent to an activating group) is 1. The molecule has 1 aromatic carbocycles. The molecule has 1 saturated heterocycles. The van der Waals surface area contributed by atoms with Crippen LogP contribution in [-0.2, 0) is 16.1 Å². The minimum atomic E-state index is -0.801. The lowest BCUT2D eigenvalue weighted by atomic mass is 10.2. The van der Waals surface area contributed by atoms with Gasteiger partial charge in [-0.2, -0.15) is 0 Å². The monoisotopic (exact) mass is 334 g/mol. The molecule has 0 bridgehead atoms. The van der Waals surface area contributed by atoms with E-state index in [1.165, 1.54) is 15.0 Å². The van der Waals surface area contributed by atoms with Gasteiger partial charge in [0.1, 0.15) is 0 Å². The van der Waals surface area contributed by atoms with Crippen LogP contribution in [0.2, 0.25) is 0 Å². The first-order valence-corrected chi connectivity index (χ1v) is 8.63. The van der Waals surface area contributed by atoms with Gasteiger partial charge in [0.15, 0.2) is 0 Å². The number of thiophene rings is 1. The third kappa shape index (κ3) is 4.51. The molecule has 23 heavy (non-hydrogen) atoms. The van der Waals surface area contributed by atoms with Crippen LogP contribution in [0.5, 0.6) is 0 Å². The highest BCUT2D eigenvalue weighted by Crippen LogP contribution is 2.26. The summed E-state index contributed by atoms with van der Waals surface area (Å²) in [6, 6.07) is 10.7. The molecule has 0 radical (unpaired) electrons. The van der Waals surface area contributed by atoms with E-state index < -0.39 is 5.97 Å². The van der Waals surface area contributed by atoms with Gasteiger partial charge in [-0.1, -0.05) is 18.2 Å². The van der Waals surface area contributed by atoms with E-state index in [9.17, 15) is 4.79 Å². The molecule has 1 fully saturated rings. The fourth-order valence-corrected chi connectivity index (χ4v) is 4.12. The number of hydrogen-bond donors (Lipinski definition) is 1. The fourth-order valence-electron chi connectivity index (χ4n) is 3.01. The summed E-state index contributed by atoms with van der Waals surface area (Å²) in [6.45, 7) is 4.11. The summed E-state index contributed by atoms with van der Waals surface area (Å²) in [4.78, 5) is 16.3. The standard InChI is InChI=1S/C17H22N2O3S/c1-18(12-17(20)21)9-14-10-19(6-7-22-14)11-15-8-13-4-2-3-5-16(13)23-15/h2-5,8,14H,6-7,9-12H2,1H3,(H,20,21). The van der Waals surface area contributed by atoms with Gasteiger partial charge < -0.3 is 9.84 Å². The zero-order valence-electron chi connectivity index (χ0n) is 13.3. The molecule has 0 spiro atoms. The molecule has 2 aromatic rings. The molecule has 1 aromatic heterocycles. The maximum atomic E-state index is 10.8. The third-order valence-electron chi connectivity index (χ3n) is 4.00. The Bertz CT molecular complexity index is 640. The number of benzene rings is 1. The molecular weight excluding hydrogens is 312 g/mol. The lowest BCUT2D eigenvalue weighted by Gasteiger charge is -2.34. The van der Waals surface area contributed by atoms with Crippen molar-refractivity contribution in [1.29, 1.82) is 0 Å². The molecule has 0 aliphatic carbocycles. The van der Waals surface area contributed by atoms with Gasteiger partial charge in [0.25, 0.3) is 0 Å². The van der Waals surface area contributed by atoms with Gasteiger partial charge in [0, 0.05) is 35.8 Å². The average molecular weight is 334 g/mol. The summed E-state index contributed by atoms with van der Waals surface area (Å²) < 4.78 is 7.11. The lowest BCUT2D eigenvalue weighted by molar-refractivity contribution is -0.138. The number of aliphatic carboxylic acids is 1. The van der Waals surface area contributed by atoms with Crippen LogP contribution >= 0.6 is 11.3 Å². The Kier molecular flexibility index (Phi) is 5.27. The maximum Gasteiger partial charge on any atom is 0.317 e. The van der Waals surface area contributed by atoms with Crippen LogP contribution in [-0.4, -0.2) is 66.8 Å². The Morgan fingerprint density at radius 3 is 3.09 bits per heavy atom. The smallest absolute Gasteiger partial charge is 0.317 e. The molecule has 6 heteroatoms. The SMILES string of the molecule is CN(CC(=O)O)CC1CN(Cc2cc3ccccc3s2)CCO1. The van der Waals surface area contributed by atoms with E-state index >= 15 is 0 Å². The van der Waals surface area contributed by atoms with Gasteiger partial charge in [-0.05, 0) is 24.6 Å². The van der Waals surface area contributed by atoms with Gasteiger partial charge in [-0.25, -0.2) is 0 Å². The van der Waals surface area contributed by atoms with Gasteiger partial charge in [0.05, 0.1) is 19.3 Å². The molecule has 1 N–H and O–H groups in total. The van der Waals surface area contributed by atoms with E-state index in [4.69, 9.17) is 9.84 Å². The summed E-state index contributed by atoms with van der Waals surface area (Å²) >= 11 is 1.84. The number of carboxylic acid groups (broad SMARTS) is 1. The lowest BCUT2D eigenvalue weighted by Crippen LogP contribution is -2.47. The molecule has 0 amide bonds. The molecule has 1 aliphatic heterocycles. The van der Waals surface area contributed by atoms with Crippen LogP contribution in [0.15, 0.2) is 30.3 Å². The van der Waals surface area contributed by atoms with Crippen LogP contribution in [0.1, 0.15) is 4.88 Å². The third-order valence-corrected chi connectivity index (χ3v) is 5.10. The van der Waals surface area contributed by atoms with Crippen molar-refractivity contribution in [3.63, 3.8) is 0 Å². The van der Waals surface area contributed by atoms with Gasteiger partial charge in [-0.3, -0.25) is 14.6 Å². The summed E-state index contributed by atoms with van der Waals surface area (Å²) in [5.74, 6) is -0.801. The highest BCUT2D eigenvalue weighted by Gasteiger charge is 2.22. The van der Waals surface area contributed by atoms with Gasteiger partial charge in [0.2, 0.25) is 0 Å². The average Bonchev–Trinajstić information content (AvgIpc) is 2.88. The molecule has 1 aliphatic rings. The first-order valence-electron chi connectivity index (χ1n) is 7.82. The second kappa shape index (κ2) is 7.40. The Balaban J connectivity index is 1.56. The molecule has 2 heterocycles. The second-order valence-corrected chi connectivity index (χ2v) is 7.24. The van der Waals surface area contributed by atoms with Crippen LogP contribution in [0.3, 0.4) is 0 Å². The number of fused-ring (bicyclic) bond motifs is 1. The van der Waals surface area contributed by atoms with E-state index in [2.05, 4.69) is 35.2 Å². The number of nitrogens with zero attached hydrogens (tertiary/aromatic N) is 2. The highest BCUT2D eigenvalue weighted by atomic mass is 32.1. The summed E-state index contributed by atoms with van der Waals surface area (Å²) in [5, 5.41) is 10.1. The van der Waals surface area contributed by atoms with Crippen molar-refractivity contribution < 1.29 is 14.6 Å². The molecule has 0 saturated carbocycles. The number of carboxylic acids is 1. The molecule has 5 nitrogen and oxygen atoms in total. The fraction of sp³-hybridized carbons (Fsp3) is 0.471. The van der Waals surface area contributed by atoms with E-state index in [0.29, 0.717) is 13.2 Å². The zero-order valence-corrected chi connectivity index (χ0v) is 14.1. The normalized spacial score (nSPS) is 19.5. The summed E-state index contributed by atoms with van der Waals surface area (Å²) in [5.41, 5.74) is 0. The minimum absolute atomic E-state index is 0.0518. The predicted molar refractivity (Wildman–Crippen MR) is 92.0 cm³/mol. The Labute approximate surface area is 140 Å². The van der Waals surface area contributed by atoms with Crippen molar-refractivity contribution >= 4 is 27.4 Å². The molecular formula is C17H22N2O3S. The van der Waals surface area contributed by atoms with Crippen molar-refractivity contribution in [3.8, 4) is 0 Å². The Morgan fingerprint density at radius 2 is 2.30 bits per heavy atom. The van der Waals surface area contributed by atoms with Crippen molar-refractivity contribution in [1.82, 2.24) is 9.80 Å². The summed E-state index contributed by atoms with van der Waals surface area (Å²) in [7, 11) is 1.82. The van der Waals surface area contributed by atoms with E-state index in [1.807, 2.05) is 18.4 Å². The first-order chi connectivity index (χ1) is 11.1. The number of rotatable bonds is 6. The minimum Gasteiger partial charge on any atom is -0.480 e. The summed E-state index contributed by atoms with van der Waals surface area (Å²) in [6.07, 6.45) is 0.0717. The van der Waals surface area contributed by atoms with Crippen molar-refractivity contribution in [3.05, 3.63) is 35.2 Å².